The lowest BCUT2D eigenvalue weighted by Gasteiger charge is -2.36. The van der Waals surface area contributed by atoms with Crippen LogP contribution in [0, 0.1) is 10.8 Å². The Kier molecular flexibility index (Phi) is 6.18. The Balaban J connectivity index is 3.16. The van der Waals surface area contributed by atoms with E-state index >= 15 is 0 Å². The summed E-state index contributed by atoms with van der Waals surface area (Å²) < 4.78 is 44.8. The molecule has 0 bridgehead atoms. The second kappa shape index (κ2) is 7.01. The second-order valence-electron chi connectivity index (χ2n) is 8.09. The van der Waals surface area contributed by atoms with E-state index in [1.165, 1.54) is 12.1 Å². The van der Waals surface area contributed by atoms with E-state index in [-0.39, 0.29) is 21.6 Å². The standard InChI is InChI=1S/C16H27NO4S2/c1-15(2,3)11-14(16(4,5)6)12-7-9-13(10-8-12)23(20,21)17-22(18)19/h7-10,14,17H,11H2,1-6H3,(H,18,19). The Hall–Kier alpha value is -0.760. The summed E-state index contributed by atoms with van der Waals surface area (Å²) in [6.45, 7) is 13.1. The van der Waals surface area contributed by atoms with Crippen molar-refractivity contribution in [2.45, 2.75) is 58.8 Å². The van der Waals surface area contributed by atoms with Crippen LogP contribution in [-0.4, -0.2) is 17.2 Å². The Labute approximate surface area is 142 Å². The minimum Gasteiger partial charge on any atom is -0.293 e. The molecule has 0 heterocycles. The van der Waals surface area contributed by atoms with Gasteiger partial charge in [-0.2, -0.15) is 0 Å². The van der Waals surface area contributed by atoms with Gasteiger partial charge < -0.3 is 0 Å². The molecular weight excluding hydrogens is 334 g/mol. The van der Waals surface area contributed by atoms with Crippen LogP contribution in [0.2, 0.25) is 0 Å². The fourth-order valence-corrected chi connectivity index (χ4v) is 4.19. The summed E-state index contributed by atoms with van der Waals surface area (Å²) in [7, 11) is -3.97. The van der Waals surface area contributed by atoms with Gasteiger partial charge in [-0.15, -0.1) is 4.13 Å². The Morgan fingerprint density at radius 3 is 1.91 bits per heavy atom. The van der Waals surface area contributed by atoms with Crippen LogP contribution >= 0.6 is 0 Å². The quantitative estimate of drug-likeness (QED) is 0.784. The van der Waals surface area contributed by atoms with Crippen LogP contribution in [0.15, 0.2) is 29.2 Å². The monoisotopic (exact) mass is 361 g/mol. The molecule has 7 heteroatoms. The minimum absolute atomic E-state index is 0.0212. The molecule has 23 heavy (non-hydrogen) atoms. The van der Waals surface area contributed by atoms with Crippen molar-refractivity contribution in [3.05, 3.63) is 29.8 Å². The van der Waals surface area contributed by atoms with Gasteiger partial charge in [0.2, 0.25) is 11.3 Å². The molecular formula is C16H27NO4S2. The highest BCUT2D eigenvalue weighted by Gasteiger charge is 2.30. The topological polar surface area (TPSA) is 83.5 Å². The molecule has 1 aromatic rings. The molecule has 0 spiro atoms. The maximum atomic E-state index is 11.9. The predicted octanol–water partition coefficient (Wildman–Crippen LogP) is 3.67. The van der Waals surface area contributed by atoms with Crippen molar-refractivity contribution in [2.75, 3.05) is 0 Å². The van der Waals surface area contributed by atoms with Crippen molar-refractivity contribution < 1.29 is 17.2 Å². The molecule has 0 aromatic heterocycles. The zero-order chi connectivity index (χ0) is 18.1. The summed E-state index contributed by atoms with van der Waals surface area (Å²) in [4.78, 5) is -0.0212. The van der Waals surface area contributed by atoms with E-state index in [1.807, 2.05) is 0 Å². The molecule has 0 saturated heterocycles. The molecule has 5 nitrogen and oxygen atoms in total. The summed E-state index contributed by atoms with van der Waals surface area (Å²) in [5.41, 5.74) is 1.26. The molecule has 0 saturated carbocycles. The molecule has 1 aromatic carbocycles. The van der Waals surface area contributed by atoms with Gasteiger partial charge in [0.15, 0.2) is 0 Å². The number of nitrogens with one attached hydrogen (secondary N) is 1. The maximum Gasteiger partial charge on any atom is 0.253 e. The van der Waals surface area contributed by atoms with Crippen LogP contribution in [0.1, 0.15) is 59.4 Å². The van der Waals surface area contributed by atoms with E-state index in [4.69, 9.17) is 4.55 Å². The van der Waals surface area contributed by atoms with Crippen molar-refractivity contribution in [3.63, 3.8) is 0 Å². The van der Waals surface area contributed by atoms with Gasteiger partial charge in [-0.05, 0) is 40.9 Å². The average Bonchev–Trinajstić information content (AvgIpc) is 2.32. The number of benzene rings is 1. The summed E-state index contributed by atoms with van der Waals surface area (Å²) in [5.74, 6) is 0.277. The number of sulfonamides is 1. The van der Waals surface area contributed by atoms with Crippen LogP contribution in [0.25, 0.3) is 0 Å². The molecule has 0 fully saturated rings. The molecule has 0 aliphatic carbocycles. The number of hydrogen-bond donors (Lipinski definition) is 2. The highest BCUT2D eigenvalue weighted by molar-refractivity contribution is 8.00. The van der Waals surface area contributed by atoms with E-state index in [0.717, 1.165) is 12.0 Å². The van der Waals surface area contributed by atoms with E-state index in [2.05, 4.69) is 41.5 Å². The fraction of sp³-hybridized carbons (Fsp3) is 0.625. The first-order valence-corrected chi connectivity index (χ1v) is 10.0. The smallest absolute Gasteiger partial charge is 0.253 e. The molecule has 2 unspecified atom stereocenters. The lowest BCUT2D eigenvalue weighted by molar-refractivity contribution is 0.229. The summed E-state index contributed by atoms with van der Waals surface area (Å²) in [6, 6.07) is 6.53. The summed E-state index contributed by atoms with van der Waals surface area (Å²) >= 11 is -2.62. The third-order valence-corrected chi connectivity index (χ3v) is 5.98. The van der Waals surface area contributed by atoms with Crippen molar-refractivity contribution in [3.8, 4) is 0 Å². The SMILES string of the molecule is CC(C)(C)CC(c1ccc(S(=O)(=O)NS(=O)O)cc1)C(C)(C)C. The zero-order valence-electron chi connectivity index (χ0n) is 14.6. The van der Waals surface area contributed by atoms with Gasteiger partial charge in [-0.1, -0.05) is 53.7 Å². The van der Waals surface area contributed by atoms with Gasteiger partial charge in [0.05, 0.1) is 4.90 Å². The summed E-state index contributed by atoms with van der Waals surface area (Å²) in [6.07, 6.45) is 0.974. The molecule has 0 amide bonds. The van der Waals surface area contributed by atoms with Gasteiger partial charge >= 0.3 is 0 Å². The van der Waals surface area contributed by atoms with Gasteiger partial charge in [0.25, 0.3) is 10.0 Å². The average molecular weight is 362 g/mol. The van der Waals surface area contributed by atoms with E-state index < -0.39 is 21.3 Å². The lowest BCUT2D eigenvalue weighted by Crippen LogP contribution is -2.26. The van der Waals surface area contributed by atoms with Gasteiger partial charge in [0, 0.05) is 0 Å². The molecule has 0 aliphatic heterocycles. The first-order chi connectivity index (χ1) is 10.2. The van der Waals surface area contributed by atoms with Crippen molar-refractivity contribution in [1.82, 2.24) is 4.13 Å². The minimum atomic E-state index is -3.97. The molecule has 1 rings (SSSR count). The first kappa shape index (κ1) is 20.3. The normalized spacial score (nSPS) is 16.1. The number of hydrogen-bond acceptors (Lipinski definition) is 3. The van der Waals surface area contributed by atoms with Gasteiger partial charge in [-0.3, -0.25) is 4.55 Å². The maximum absolute atomic E-state index is 11.9. The van der Waals surface area contributed by atoms with Crippen LogP contribution in [0.3, 0.4) is 0 Å². The summed E-state index contributed by atoms with van der Waals surface area (Å²) in [5, 5.41) is 0. The highest BCUT2D eigenvalue weighted by Crippen LogP contribution is 2.43. The lowest BCUT2D eigenvalue weighted by atomic mass is 9.69. The number of rotatable bonds is 5. The van der Waals surface area contributed by atoms with Crippen LogP contribution in [-0.2, 0) is 21.3 Å². The molecule has 0 aliphatic rings. The fourth-order valence-electron chi connectivity index (χ4n) is 2.56. The van der Waals surface area contributed by atoms with Crippen molar-refractivity contribution >= 4 is 21.3 Å². The Morgan fingerprint density at radius 1 is 1.09 bits per heavy atom. The van der Waals surface area contributed by atoms with E-state index in [1.54, 1.807) is 16.3 Å². The Bertz CT molecular complexity index is 653. The molecule has 132 valence electrons. The molecule has 0 radical (unpaired) electrons. The van der Waals surface area contributed by atoms with Crippen molar-refractivity contribution in [2.24, 2.45) is 10.8 Å². The second-order valence-corrected chi connectivity index (χ2v) is 10.7. The van der Waals surface area contributed by atoms with E-state index in [9.17, 15) is 12.6 Å². The third-order valence-electron chi connectivity index (χ3n) is 3.64. The molecule has 2 N–H and O–H groups in total. The highest BCUT2D eigenvalue weighted by atomic mass is 32.3. The third kappa shape index (κ3) is 6.33. The van der Waals surface area contributed by atoms with Crippen LogP contribution in [0.4, 0.5) is 0 Å². The largest absolute Gasteiger partial charge is 0.293 e. The Morgan fingerprint density at radius 2 is 1.57 bits per heavy atom. The van der Waals surface area contributed by atoms with Crippen LogP contribution in [0.5, 0.6) is 0 Å². The first-order valence-electron chi connectivity index (χ1n) is 7.46. The zero-order valence-corrected chi connectivity index (χ0v) is 16.2. The van der Waals surface area contributed by atoms with Crippen molar-refractivity contribution in [1.29, 1.82) is 0 Å². The molecule has 2 atom stereocenters. The van der Waals surface area contributed by atoms with E-state index in [0.29, 0.717) is 0 Å². The van der Waals surface area contributed by atoms with Gasteiger partial charge in [0.1, 0.15) is 0 Å². The van der Waals surface area contributed by atoms with Gasteiger partial charge in [-0.25, -0.2) is 12.6 Å². The van der Waals surface area contributed by atoms with Crippen LogP contribution < -0.4 is 4.13 Å². The predicted molar refractivity (Wildman–Crippen MR) is 93.8 cm³/mol.